The van der Waals surface area contributed by atoms with Crippen LogP contribution in [0.3, 0.4) is 0 Å². The van der Waals surface area contributed by atoms with Gasteiger partial charge in [0.15, 0.2) is 11.6 Å². The lowest BCUT2D eigenvalue weighted by Gasteiger charge is -2.10. The van der Waals surface area contributed by atoms with Crippen LogP contribution in [0, 0.1) is 18.6 Å². The minimum atomic E-state index is -0.849. The highest BCUT2D eigenvalue weighted by atomic mass is 19.2. The minimum absolute atomic E-state index is 0.632. The molecule has 0 aliphatic carbocycles. The second-order valence-corrected chi connectivity index (χ2v) is 6.17. The Morgan fingerprint density at radius 1 is 0.731 bits per heavy atom. The van der Waals surface area contributed by atoms with E-state index in [1.54, 1.807) is 12.3 Å². The third kappa shape index (κ3) is 3.02. The van der Waals surface area contributed by atoms with Crippen LogP contribution in [-0.4, -0.2) is 9.78 Å². The number of aromatic nitrogens is 2. The van der Waals surface area contributed by atoms with Crippen molar-refractivity contribution in [3.8, 4) is 28.1 Å². The van der Waals surface area contributed by atoms with E-state index in [4.69, 9.17) is 0 Å². The predicted octanol–water partition coefficient (Wildman–Crippen LogP) is 5.79. The highest BCUT2D eigenvalue weighted by Crippen LogP contribution is 2.28. The van der Waals surface area contributed by atoms with E-state index in [9.17, 15) is 8.78 Å². The number of benzene rings is 3. The summed E-state index contributed by atoms with van der Waals surface area (Å²) in [5, 5.41) is 4.43. The van der Waals surface area contributed by atoms with E-state index in [1.165, 1.54) is 11.6 Å². The van der Waals surface area contributed by atoms with Gasteiger partial charge in [0.1, 0.15) is 0 Å². The second kappa shape index (κ2) is 6.56. The Morgan fingerprint density at radius 2 is 1.46 bits per heavy atom. The van der Waals surface area contributed by atoms with Crippen molar-refractivity contribution >= 4 is 0 Å². The van der Waals surface area contributed by atoms with Gasteiger partial charge in [-0.15, -0.1) is 0 Å². The van der Waals surface area contributed by atoms with Crippen LogP contribution in [0.15, 0.2) is 79.0 Å². The standard InChI is InChI=1S/C22H16F2N2/c1-15-5-8-19(9-6-15)26-22(11-12-25-26)18-4-2-3-16(13-18)17-7-10-20(23)21(24)14-17/h2-14H,1H3. The van der Waals surface area contributed by atoms with Crippen molar-refractivity contribution in [1.29, 1.82) is 0 Å². The third-order valence-electron chi connectivity index (χ3n) is 4.33. The summed E-state index contributed by atoms with van der Waals surface area (Å²) in [6, 6.07) is 21.7. The maximum absolute atomic E-state index is 13.6. The lowest BCUT2D eigenvalue weighted by atomic mass is 10.0. The molecule has 1 aromatic heterocycles. The fraction of sp³-hybridized carbons (Fsp3) is 0.0455. The van der Waals surface area contributed by atoms with Crippen molar-refractivity contribution in [1.82, 2.24) is 9.78 Å². The number of halogens is 2. The van der Waals surface area contributed by atoms with E-state index in [-0.39, 0.29) is 0 Å². The molecule has 0 radical (unpaired) electrons. The van der Waals surface area contributed by atoms with E-state index in [0.29, 0.717) is 5.56 Å². The summed E-state index contributed by atoms with van der Waals surface area (Å²) in [6.07, 6.45) is 1.75. The van der Waals surface area contributed by atoms with Gasteiger partial charge in [0.2, 0.25) is 0 Å². The largest absolute Gasteiger partial charge is 0.233 e. The quantitative estimate of drug-likeness (QED) is 0.459. The predicted molar refractivity (Wildman–Crippen MR) is 99.1 cm³/mol. The molecule has 0 N–H and O–H groups in total. The molecule has 26 heavy (non-hydrogen) atoms. The number of hydrogen-bond donors (Lipinski definition) is 0. The molecule has 0 fully saturated rings. The number of nitrogens with zero attached hydrogens (tertiary/aromatic N) is 2. The molecule has 0 aliphatic rings. The Bertz CT molecular complexity index is 1070. The van der Waals surface area contributed by atoms with Crippen molar-refractivity contribution in [2.24, 2.45) is 0 Å². The molecule has 0 amide bonds. The highest BCUT2D eigenvalue weighted by molar-refractivity contribution is 5.72. The first-order valence-electron chi connectivity index (χ1n) is 8.29. The molecule has 3 aromatic carbocycles. The second-order valence-electron chi connectivity index (χ2n) is 6.17. The van der Waals surface area contributed by atoms with Gasteiger partial charge in [-0.3, -0.25) is 0 Å². The maximum Gasteiger partial charge on any atom is 0.159 e. The SMILES string of the molecule is Cc1ccc(-n2nccc2-c2cccc(-c3ccc(F)c(F)c3)c2)cc1. The average molecular weight is 346 g/mol. The third-order valence-corrected chi connectivity index (χ3v) is 4.33. The van der Waals surface area contributed by atoms with Gasteiger partial charge in [-0.05, 0) is 54.4 Å². The fourth-order valence-corrected chi connectivity index (χ4v) is 2.95. The van der Waals surface area contributed by atoms with Gasteiger partial charge < -0.3 is 0 Å². The summed E-state index contributed by atoms with van der Waals surface area (Å²) in [5.74, 6) is -1.69. The van der Waals surface area contributed by atoms with Gasteiger partial charge in [0, 0.05) is 5.56 Å². The Balaban J connectivity index is 1.77. The Hall–Kier alpha value is -3.27. The van der Waals surface area contributed by atoms with Gasteiger partial charge >= 0.3 is 0 Å². The zero-order valence-electron chi connectivity index (χ0n) is 14.2. The molecule has 0 saturated heterocycles. The first kappa shape index (κ1) is 16.2. The summed E-state index contributed by atoms with van der Waals surface area (Å²) >= 11 is 0. The summed E-state index contributed by atoms with van der Waals surface area (Å²) in [7, 11) is 0. The van der Waals surface area contributed by atoms with Gasteiger partial charge in [0.25, 0.3) is 0 Å². The van der Waals surface area contributed by atoms with Crippen LogP contribution in [0.2, 0.25) is 0 Å². The van der Waals surface area contributed by atoms with Crippen molar-refractivity contribution in [3.05, 3.63) is 96.2 Å². The molecular weight excluding hydrogens is 330 g/mol. The van der Waals surface area contributed by atoms with E-state index < -0.39 is 11.6 Å². The van der Waals surface area contributed by atoms with Crippen LogP contribution in [0.25, 0.3) is 28.1 Å². The first-order valence-corrected chi connectivity index (χ1v) is 8.29. The van der Waals surface area contributed by atoms with Crippen molar-refractivity contribution < 1.29 is 8.78 Å². The molecule has 1 heterocycles. The Morgan fingerprint density at radius 3 is 2.23 bits per heavy atom. The van der Waals surface area contributed by atoms with E-state index in [0.717, 1.165) is 28.6 Å². The van der Waals surface area contributed by atoms with Crippen LogP contribution in [0.4, 0.5) is 8.78 Å². The number of rotatable bonds is 3. The average Bonchev–Trinajstić information content (AvgIpc) is 3.14. The minimum Gasteiger partial charge on any atom is -0.233 e. The highest BCUT2D eigenvalue weighted by Gasteiger charge is 2.10. The molecule has 0 saturated carbocycles. The molecule has 128 valence electrons. The molecule has 0 atom stereocenters. The normalized spacial score (nSPS) is 10.9. The van der Waals surface area contributed by atoms with Crippen LogP contribution in [0.1, 0.15) is 5.56 Å². The lowest BCUT2D eigenvalue weighted by Crippen LogP contribution is -1.98. The van der Waals surface area contributed by atoms with E-state index in [1.807, 2.05) is 66.2 Å². The summed E-state index contributed by atoms with van der Waals surface area (Å²) in [6.45, 7) is 2.04. The molecule has 0 unspecified atom stereocenters. The molecule has 0 bridgehead atoms. The van der Waals surface area contributed by atoms with Crippen molar-refractivity contribution in [3.63, 3.8) is 0 Å². The summed E-state index contributed by atoms with van der Waals surface area (Å²) in [5.41, 5.74) is 5.48. The number of hydrogen-bond acceptors (Lipinski definition) is 1. The Kier molecular flexibility index (Phi) is 4.09. The molecule has 0 aliphatic heterocycles. The molecule has 4 heteroatoms. The lowest BCUT2D eigenvalue weighted by molar-refractivity contribution is 0.509. The summed E-state index contributed by atoms with van der Waals surface area (Å²) < 4.78 is 28.6. The van der Waals surface area contributed by atoms with Crippen molar-refractivity contribution in [2.45, 2.75) is 6.92 Å². The van der Waals surface area contributed by atoms with E-state index >= 15 is 0 Å². The molecule has 4 aromatic rings. The zero-order valence-corrected chi connectivity index (χ0v) is 14.2. The molecule has 0 spiro atoms. The topological polar surface area (TPSA) is 17.8 Å². The maximum atomic E-state index is 13.6. The van der Waals surface area contributed by atoms with E-state index in [2.05, 4.69) is 5.10 Å². The van der Waals surface area contributed by atoms with Gasteiger partial charge in [-0.25, -0.2) is 13.5 Å². The molecule has 2 nitrogen and oxygen atoms in total. The molecular formula is C22H16F2N2. The first-order chi connectivity index (χ1) is 12.6. The smallest absolute Gasteiger partial charge is 0.159 e. The van der Waals surface area contributed by atoms with Crippen LogP contribution in [-0.2, 0) is 0 Å². The zero-order chi connectivity index (χ0) is 18.1. The van der Waals surface area contributed by atoms with Crippen LogP contribution < -0.4 is 0 Å². The van der Waals surface area contributed by atoms with Crippen LogP contribution >= 0.6 is 0 Å². The molecule has 4 rings (SSSR count). The Labute approximate surface area is 150 Å². The van der Waals surface area contributed by atoms with Gasteiger partial charge in [-0.1, -0.05) is 42.0 Å². The summed E-state index contributed by atoms with van der Waals surface area (Å²) in [4.78, 5) is 0. The van der Waals surface area contributed by atoms with Crippen LogP contribution in [0.5, 0.6) is 0 Å². The van der Waals surface area contributed by atoms with Crippen molar-refractivity contribution in [2.75, 3.05) is 0 Å². The monoisotopic (exact) mass is 346 g/mol. The van der Waals surface area contributed by atoms with Gasteiger partial charge in [-0.2, -0.15) is 5.10 Å². The fourth-order valence-electron chi connectivity index (χ4n) is 2.95. The van der Waals surface area contributed by atoms with Gasteiger partial charge in [0.05, 0.1) is 17.6 Å². The number of aryl methyl sites for hydroxylation is 1.